The van der Waals surface area contributed by atoms with Crippen LogP contribution in [0.2, 0.25) is 0 Å². The minimum atomic E-state index is -4.58. The second-order valence-electron chi connectivity index (χ2n) is 4.75. The summed E-state index contributed by atoms with van der Waals surface area (Å²) in [4.78, 5) is 12.0. The van der Waals surface area contributed by atoms with Crippen molar-refractivity contribution >= 4 is 11.6 Å². The van der Waals surface area contributed by atoms with Crippen molar-refractivity contribution in [3.05, 3.63) is 59.9 Å². The molecule has 0 aliphatic carbocycles. The molecule has 0 heterocycles. The van der Waals surface area contributed by atoms with E-state index in [1.165, 1.54) is 31.2 Å². The number of para-hydroxylation sites is 1. The second-order valence-corrected chi connectivity index (χ2v) is 4.75. The highest BCUT2D eigenvalue weighted by atomic mass is 19.4. The van der Waals surface area contributed by atoms with Crippen molar-refractivity contribution in [1.82, 2.24) is 0 Å². The maximum absolute atomic E-state index is 12.9. The van der Waals surface area contributed by atoms with E-state index >= 15 is 0 Å². The molecule has 2 rings (SSSR count). The Balaban J connectivity index is 2.08. The number of halogens is 4. The van der Waals surface area contributed by atoms with Gasteiger partial charge in [0.2, 0.25) is 0 Å². The summed E-state index contributed by atoms with van der Waals surface area (Å²) in [5.74, 6) is -0.974. The van der Waals surface area contributed by atoms with Gasteiger partial charge in [-0.2, -0.15) is 13.2 Å². The third kappa shape index (κ3) is 4.45. The highest BCUT2D eigenvalue weighted by Gasteiger charge is 2.33. The molecule has 3 nitrogen and oxygen atoms in total. The number of anilines is 1. The third-order valence-electron chi connectivity index (χ3n) is 2.99. The molecule has 1 amide bonds. The summed E-state index contributed by atoms with van der Waals surface area (Å²) < 4.78 is 56.7. The Morgan fingerprint density at radius 1 is 1.09 bits per heavy atom. The predicted octanol–water partition coefficient (Wildman–Crippen LogP) is 4.25. The zero-order chi connectivity index (χ0) is 17.0. The Morgan fingerprint density at radius 2 is 1.70 bits per heavy atom. The average molecular weight is 327 g/mol. The largest absolute Gasteiger partial charge is 0.481 e. The summed E-state index contributed by atoms with van der Waals surface area (Å²) in [7, 11) is 0. The molecule has 0 fully saturated rings. The van der Waals surface area contributed by atoms with Gasteiger partial charge in [0.15, 0.2) is 6.10 Å². The maximum atomic E-state index is 12.9. The monoisotopic (exact) mass is 327 g/mol. The molecule has 0 aliphatic heterocycles. The van der Waals surface area contributed by atoms with Gasteiger partial charge in [0.05, 0.1) is 11.3 Å². The summed E-state index contributed by atoms with van der Waals surface area (Å²) in [6.45, 7) is 1.38. The quantitative estimate of drug-likeness (QED) is 0.853. The van der Waals surface area contributed by atoms with Crippen molar-refractivity contribution in [2.45, 2.75) is 19.2 Å². The molecule has 2 aromatic rings. The van der Waals surface area contributed by atoms with Crippen LogP contribution in [0.1, 0.15) is 12.5 Å². The Kier molecular flexibility index (Phi) is 4.88. The first kappa shape index (κ1) is 16.8. The van der Waals surface area contributed by atoms with E-state index < -0.39 is 29.6 Å². The first-order valence-electron chi connectivity index (χ1n) is 6.66. The normalized spacial score (nSPS) is 12.6. The first-order chi connectivity index (χ1) is 10.8. The molecule has 0 aromatic heterocycles. The number of benzene rings is 2. The molecule has 0 radical (unpaired) electrons. The number of nitrogens with one attached hydrogen (secondary N) is 1. The van der Waals surface area contributed by atoms with Gasteiger partial charge < -0.3 is 10.1 Å². The molecule has 0 bridgehead atoms. The summed E-state index contributed by atoms with van der Waals surface area (Å²) in [5.41, 5.74) is -1.29. The van der Waals surface area contributed by atoms with Gasteiger partial charge in [0.25, 0.3) is 5.91 Å². The number of hydrogen-bond donors (Lipinski definition) is 1. The van der Waals surface area contributed by atoms with Gasteiger partial charge in [-0.3, -0.25) is 4.79 Å². The topological polar surface area (TPSA) is 38.3 Å². The predicted molar refractivity (Wildman–Crippen MR) is 76.6 cm³/mol. The lowest BCUT2D eigenvalue weighted by Gasteiger charge is -2.17. The fourth-order valence-electron chi connectivity index (χ4n) is 1.84. The van der Waals surface area contributed by atoms with Gasteiger partial charge in [-0.1, -0.05) is 12.1 Å². The van der Waals surface area contributed by atoms with E-state index in [1.54, 1.807) is 0 Å². The van der Waals surface area contributed by atoms with E-state index in [2.05, 4.69) is 5.32 Å². The molecule has 0 aliphatic rings. The van der Waals surface area contributed by atoms with E-state index in [4.69, 9.17) is 4.74 Å². The third-order valence-corrected chi connectivity index (χ3v) is 2.99. The summed E-state index contributed by atoms with van der Waals surface area (Å²) in [5, 5.41) is 2.19. The van der Waals surface area contributed by atoms with E-state index in [0.717, 1.165) is 24.3 Å². The van der Waals surface area contributed by atoms with Crippen LogP contribution in [0, 0.1) is 5.82 Å². The van der Waals surface area contributed by atoms with Crippen molar-refractivity contribution in [2.75, 3.05) is 5.32 Å². The second kappa shape index (κ2) is 6.68. The fraction of sp³-hybridized carbons (Fsp3) is 0.188. The molecule has 1 N–H and O–H groups in total. The van der Waals surface area contributed by atoms with E-state index in [0.29, 0.717) is 0 Å². The highest BCUT2D eigenvalue weighted by Crippen LogP contribution is 2.34. The molecule has 7 heteroatoms. The zero-order valence-electron chi connectivity index (χ0n) is 12.0. The number of amides is 1. The van der Waals surface area contributed by atoms with Gasteiger partial charge >= 0.3 is 6.18 Å². The summed E-state index contributed by atoms with van der Waals surface area (Å²) >= 11 is 0. The average Bonchev–Trinajstić information content (AvgIpc) is 2.49. The van der Waals surface area contributed by atoms with Crippen molar-refractivity contribution in [3.63, 3.8) is 0 Å². The standard InChI is InChI=1S/C16H13F4NO2/c1-10(23-12-8-6-11(17)7-9-12)15(22)21-14-5-3-2-4-13(14)16(18,19)20/h2-10H,1H3,(H,21,22)/t10-/m1/s1. The number of carbonyl (C=O) groups excluding carboxylic acids is 1. The minimum absolute atomic E-state index is 0.234. The van der Waals surface area contributed by atoms with E-state index in [-0.39, 0.29) is 11.4 Å². The molecular formula is C16H13F4NO2. The lowest BCUT2D eigenvalue weighted by molar-refractivity contribution is -0.137. The number of hydrogen-bond acceptors (Lipinski definition) is 2. The van der Waals surface area contributed by atoms with Crippen molar-refractivity contribution < 1.29 is 27.1 Å². The lowest BCUT2D eigenvalue weighted by atomic mass is 10.1. The number of ether oxygens (including phenoxy) is 1. The van der Waals surface area contributed by atoms with Gasteiger partial charge in [-0.15, -0.1) is 0 Å². The van der Waals surface area contributed by atoms with Crippen LogP contribution >= 0.6 is 0 Å². The van der Waals surface area contributed by atoms with Crippen LogP contribution < -0.4 is 10.1 Å². The summed E-state index contributed by atoms with van der Waals surface area (Å²) in [6.07, 6.45) is -5.63. The molecular weight excluding hydrogens is 314 g/mol. The maximum Gasteiger partial charge on any atom is 0.418 e. The molecule has 23 heavy (non-hydrogen) atoms. The zero-order valence-corrected chi connectivity index (χ0v) is 12.0. The Hall–Kier alpha value is -2.57. The first-order valence-corrected chi connectivity index (χ1v) is 6.66. The Labute approximate surface area is 129 Å². The molecule has 0 unspecified atom stereocenters. The molecule has 0 spiro atoms. The van der Waals surface area contributed by atoms with Crippen LogP contribution in [-0.2, 0) is 11.0 Å². The van der Waals surface area contributed by atoms with E-state index in [1.807, 2.05) is 0 Å². The Morgan fingerprint density at radius 3 is 2.30 bits per heavy atom. The van der Waals surface area contributed by atoms with Crippen LogP contribution in [0.5, 0.6) is 5.75 Å². The van der Waals surface area contributed by atoms with Gasteiger partial charge in [0, 0.05) is 0 Å². The molecule has 1 atom stereocenters. The lowest BCUT2D eigenvalue weighted by Crippen LogP contribution is -2.31. The van der Waals surface area contributed by atoms with Crippen LogP contribution in [-0.4, -0.2) is 12.0 Å². The molecule has 122 valence electrons. The number of alkyl halides is 3. The number of carbonyl (C=O) groups is 1. The summed E-state index contributed by atoms with van der Waals surface area (Å²) in [6, 6.07) is 9.60. The SMILES string of the molecule is C[C@@H](Oc1ccc(F)cc1)C(=O)Nc1ccccc1C(F)(F)F. The minimum Gasteiger partial charge on any atom is -0.481 e. The van der Waals surface area contributed by atoms with E-state index in [9.17, 15) is 22.4 Å². The van der Waals surface area contributed by atoms with Gasteiger partial charge in [0.1, 0.15) is 11.6 Å². The highest BCUT2D eigenvalue weighted by molar-refractivity contribution is 5.94. The Bertz CT molecular complexity index is 683. The van der Waals surface area contributed by atoms with Crippen molar-refractivity contribution in [3.8, 4) is 5.75 Å². The van der Waals surface area contributed by atoms with Crippen LogP contribution in [0.15, 0.2) is 48.5 Å². The van der Waals surface area contributed by atoms with Gasteiger partial charge in [-0.25, -0.2) is 4.39 Å². The van der Waals surface area contributed by atoms with Crippen molar-refractivity contribution in [1.29, 1.82) is 0 Å². The van der Waals surface area contributed by atoms with Crippen molar-refractivity contribution in [2.24, 2.45) is 0 Å². The molecule has 0 saturated heterocycles. The van der Waals surface area contributed by atoms with Crippen LogP contribution in [0.4, 0.5) is 23.2 Å². The van der Waals surface area contributed by atoms with Crippen LogP contribution in [0.25, 0.3) is 0 Å². The van der Waals surface area contributed by atoms with Crippen LogP contribution in [0.3, 0.4) is 0 Å². The van der Waals surface area contributed by atoms with Gasteiger partial charge in [-0.05, 0) is 43.3 Å². The number of rotatable bonds is 4. The molecule has 2 aromatic carbocycles. The molecule has 0 saturated carbocycles. The smallest absolute Gasteiger partial charge is 0.418 e. The fourth-order valence-corrected chi connectivity index (χ4v) is 1.84.